The van der Waals surface area contributed by atoms with Crippen molar-refractivity contribution in [1.29, 1.82) is 0 Å². The Morgan fingerprint density at radius 3 is 2.58 bits per heavy atom. The van der Waals surface area contributed by atoms with E-state index in [1.165, 1.54) is 0 Å². The molecular formula is C18H21N3O3. The number of nitrogens with one attached hydrogen (secondary N) is 1. The van der Waals surface area contributed by atoms with Crippen LogP contribution in [0.4, 0.5) is 5.69 Å². The second kappa shape index (κ2) is 8.12. The highest BCUT2D eigenvalue weighted by Gasteiger charge is 2.08. The Labute approximate surface area is 141 Å². The Bertz CT molecular complexity index is 729. The van der Waals surface area contributed by atoms with E-state index in [-0.39, 0.29) is 12.5 Å². The van der Waals surface area contributed by atoms with Gasteiger partial charge in [-0.05, 0) is 50.0 Å². The van der Waals surface area contributed by atoms with E-state index in [9.17, 15) is 9.59 Å². The van der Waals surface area contributed by atoms with E-state index in [1.54, 1.807) is 24.3 Å². The van der Waals surface area contributed by atoms with Gasteiger partial charge in [0.2, 0.25) is 0 Å². The zero-order valence-electron chi connectivity index (χ0n) is 13.8. The number of hydrogen-bond donors (Lipinski definition) is 2. The first kappa shape index (κ1) is 17.5. The molecule has 6 heteroatoms. The van der Waals surface area contributed by atoms with Crippen molar-refractivity contribution in [2.24, 2.45) is 5.73 Å². The second-order valence-corrected chi connectivity index (χ2v) is 5.68. The molecule has 126 valence electrons. The lowest BCUT2D eigenvalue weighted by atomic mass is 10.1. The van der Waals surface area contributed by atoms with Crippen LogP contribution in [-0.4, -0.2) is 37.4 Å². The average Bonchev–Trinajstić information content (AvgIpc) is 2.53. The van der Waals surface area contributed by atoms with Gasteiger partial charge < -0.3 is 20.7 Å². The number of ether oxygens (including phenoxy) is 1. The van der Waals surface area contributed by atoms with E-state index in [4.69, 9.17) is 10.5 Å². The number of nitrogens with zero attached hydrogens (tertiary/aromatic N) is 1. The van der Waals surface area contributed by atoms with Gasteiger partial charge in [-0.2, -0.15) is 0 Å². The highest BCUT2D eigenvalue weighted by molar-refractivity contribution is 6.04. The van der Waals surface area contributed by atoms with Crippen molar-refractivity contribution in [3.05, 3.63) is 59.7 Å². The smallest absolute Gasteiger partial charge is 0.255 e. The van der Waals surface area contributed by atoms with E-state index >= 15 is 0 Å². The Morgan fingerprint density at radius 2 is 1.88 bits per heavy atom. The van der Waals surface area contributed by atoms with Crippen LogP contribution in [0.5, 0.6) is 5.75 Å². The third kappa shape index (κ3) is 5.40. The molecular weight excluding hydrogens is 306 g/mol. The Morgan fingerprint density at radius 1 is 1.12 bits per heavy atom. The third-order valence-electron chi connectivity index (χ3n) is 3.16. The molecule has 2 amide bonds. The largest absolute Gasteiger partial charge is 0.484 e. The predicted molar refractivity (Wildman–Crippen MR) is 92.9 cm³/mol. The van der Waals surface area contributed by atoms with E-state index < -0.39 is 5.91 Å². The summed E-state index contributed by atoms with van der Waals surface area (Å²) in [6.45, 7) is 0.567. The number of anilines is 1. The zero-order chi connectivity index (χ0) is 17.5. The molecule has 2 aromatic rings. The van der Waals surface area contributed by atoms with Gasteiger partial charge in [-0.15, -0.1) is 0 Å². The minimum Gasteiger partial charge on any atom is -0.484 e. The van der Waals surface area contributed by atoms with Gasteiger partial charge in [-0.25, -0.2) is 0 Å². The summed E-state index contributed by atoms with van der Waals surface area (Å²) in [5.74, 6) is -0.396. The van der Waals surface area contributed by atoms with Gasteiger partial charge in [0, 0.05) is 17.8 Å². The highest BCUT2D eigenvalue weighted by atomic mass is 16.5. The van der Waals surface area contributed by atoms with E-state index in [1.807, 2.05) is 38.4 Å². The first-order chi connectivity index (χ1) is 11.4. The van der Waals surface area contributed by atoms with Crippen molar-refractivity contribution in [2.75, 3.05) is 26.0 Å². The minimum atomic E-state index is -0.567. The molecule has 0 heterocycles. The molecule has 0 unspecified atom stereocenters. The van der Waals surface area contributed by atoms with Crippen LogP contribution < -0.4 is 15.8 Å². The summed E-state index contributed by atoms with van der Waals surface area (Å²) < 4.78 is 5.21. The second-order valence-electron chi connectivity index (χ2n) is 5.68. The summed E-state index contributed by atoms with van der Waals surface area (Å²) in [4.78, 5) is 25.2. The molecule has 2 rings (SSSR count). The van der Waals surface area contributed by atoms with Gasteiger partial charge in [-0.1, -0.05) is 18.2 Å². The van der Waals surface area contributed by atoms with Crippen LogP contribution in [0.15, 0.2) is 48.5 Å². The van der Waals surface area contributed by atoms with Gasteiger partial charge >= 0.3 is 0 Å². The molecule has 0 fully saturated rings. The van der Waals surface area contributed by atoms with Crippen LogP contribution in [0.2, 0.25) is 0 Å². The zero-order valence-corrected chi connectivity index (χ0v) is 13.8. The molecule has 0 saturated carbocycles. The fraction of sp³-hybridized carbons (Fsp3) is 0.222. The van der Waals surface area contributed by atoms with Crippen molar-refractivity contribution in [3.63, 3.8) is 0 Å². The summed E-state index contributed by atoms with van der Waals surface area (Å²) in [5, 5.41) is 2.86. The van der Waals surface area contributed by atoms with Crippen molar-refractivity contribution in [1.82, 2.24) is 4.90 Å². The first-order valence-corrected chi connectivity index (χ1v) is 7.50. The van der Waals surface area contributed by atoms with Gasteiger partial charge in [0.25, 0.3) is 11.8 Å². The van der Waals surface area contributed by atoms with Crippen LogP contribution in [0.1, 0.15) is 15.9 Å². The minimum absolute atomic E-state index is 0.225. The maximum absolute atomic E-state index is 12.4. The fourth-order valence-corrected chi connectivity index (χ4v) is 2.20. The molecule has 0 aromatic heterocycles. The molecule has 0 aliphatic heterocycles. The number of primary amides is 1. The van der Waals surface area contributed by atoms with Crippen LogP contribution in [0.25, 0.3) is 0 Å². The number of nitrogens with two attached hydrogens (primary N) is 1. The fourth-order valence-electron chi connectivity index (χ4n) is 2.20. The van der Waals surface area contributed by atoms with Gasteiger partial charge in [0.15, 0.2) is 6.61 Å². The van der Waals surface area contributed by atoms with Crippen LogP contribution in [0.3, 0.4) is 0 Å². The standard InChI is InChI=1S/C18H21N3O3/c1-21(2)11-13-5-3-7-15(9-13)20-18(23)14-6-4-8-16(10-14)24-12-17(19)22/h3-10H,11-12H2,1-2H3,(H2,19,22)(H,20,23). The SMILES string of the molecule is CN(C)Cc1cccc(NC(=O)c2cccc(OCC(N)=O)c2)c1. The summed E-state index contributed by atoms with van der Waals surface area (Å²) in [5.41, 5.74) is 7.31. The van der Waals surface area contributed by atoms with Gasteiger partial charge in [0.1, 0.15) is 5.75 Å². The molecule has 24 heavy (non-hydrogen) atoms. The van der Waals surface area contributed by atoms with Crippen LogP contribution in [0, 0.1) is 0 Å². The highest BCUT2D eigenvalue weighted by Crippen LogP contribution is 2.16. The first-order valence-electron chi connectivity index (χ1n) is 7.50. The summed E-state index contributed by atoms with van der Waals surface area (Å²) >= 11 is 0. The third-order valence-corrected chi connectivity index (χ3v) is 3.16. The average molecular weight is 327 g/mol. The number of hydrogen-bond acceptors (Lipinski definition) is 4. The van der Waals surface area contributed by atoms with E-state index in [0.717, 1.165) is 17.8 Å². The number of amides is 2. The lowest BCUT2D eigenvalue weighted by Crippen LogP contribution is -2.20. The van der Waals surface area contributed by atoms with E-state index in [0.29, 0.717) is 11.3 Å². The summed E-state index contributed by atoms with van der Waals surface area (Å²) in [7, 11) is 3.98. The normalized spacial score (nSPS) is 10.5. The molecule has 0 bridgehead atoms. The number of benzene rings is 2. The van der Waals surface area contributed by atoms with Crippen molar-refractivity contribution >= 4 is 17.5 Å². The Kier molecular flexibility index (Phi) is 5.92. The van der Waals surface area contributed by atoms with Crippen molar-refractivity contribution < 1.29 is 14.3 Å². The molecule has 0 aliphatic rings. The maximum atomic E-state index is 12.4. The predicted octanol–water partition coefficient (Wildman–Crippen LogP) is 1.86. The Balaban J connectivity index is 2.07. The monoisotopic (exact) mass is 327 g/mol. The molecule has 0 atom stereocenters. The number of carbonyl (C=O) groups excluding carboxylic acids is 2. The quantitative estimate of drug-likeness (QED) is 0.813. The molecule has 3 N–H and O–H groups in total. The molecule has 0 radical (unpaired) electrons. The maximum Gasteiger partial charge on any atom is 0.255 e. The molecule has 0 aliphatic carbocycles. The van der Waals surface area contributed by atoms with Crippen molar-refractivity contribution in [3.8, 4) is 5.75 Å². The molecule has 6 nitrogen and oxygen atoms in total. The van der Waals surface area contributed by atoms with Crippen molar-refractivity contribution in [2.45, 2.75) is 6.54 Å². The lowest BCUT2D eigenvalue weighted by Gasteiger charge is -2.12. The lowest BCUT2D eigenvalue weighted by molar-refractivity contribution is -0.119. The molecule has 0 spiro atoms. The van der Waals surface area contributed by atoms with Gasteiger partial charge in [-0.3, -0.25) is 9.59 Å². The molecule has 0 saturated heterocycles. The van der Waals surface area contributed by atoms with E-state index in [2.05, 4.69) is 10.2 Å². The summed E-state index contributed by atoms with van der Waals surface area (Å²) in [6, 6.07) is 14.3. The van der Waals surface area contributed by atoms with Crippen LogP contribution in [-0.2, 0) is 11.3 Å². The van der Waals surface area contributed by atoms with Gasteiger partial charge in [0.05, 0.1) is 0 Å². The number of rotatable bonds is 7. The Hall–Kier alpha value is -2.86. The topological polar surface area (TPSA) is 84.7 Å². The summed E-state index contributed by atoms with van der Waals surface area (Å²) in [6.07, 6.45) is 0. The number of carbonyl (C=O) groups is 2. The van der Waals surface area contributed by atoms with Crippen LogP contribution >= 0.6 is 0 Å². The molecule has 2 aromatic carbocycles.